The van der Waals surface area contributed by atoms with Gasteiger partial charge in [0.15, 0.2) is 0 Å². The van der Waals surface area contributed by atoms with Crippen molar-refractivity contribution in [3.63, 3.8) is 0 Å². The van der Waals surface area contributed by atoms with Gasteiger partial charge in [-0.3, -0.25) is 4.79 Å². The van der Waals surface area contributed by atoms with Crippen molar-refractivity contribution in [2.45, 2.75) is 65.4 Å². The van der Waals surface area contributed by atoms with Gasteiger partial charge in [0.05, 0.1) is 29.6 Å². The van der Waals surface area contributed by atoms with Crippen LogP contribution >= 0.6 is 0 Å². The van der Waals surface area contributed by atoms with Crippen LogP contribution in [0.1, 0.15) is 57.5 Å². The number of aromatic nitrogens is 3. The number of carbonyl (C=O) groups is 1. The molecule has 2 rings (SSSR count). The topological polar surface area (TPSA) is 148 Å². The average molecular weight is 459 g/mol. The Morgan fingerprint density at radius 2 is 1.85 bits per heavy atom. The second kappa shape index (κ2) is 10.9. The van der Waals surface area contributed by atoms with Crippen LogP contribution in [-0.2, 0) is 0 Å². The third kappa shape index (κ3) is 7.54. The lowest BCUT2D eigenvalue weighted by Gasteiger charge is -2.23. The molecule has 0 bridgehead atoms. The molecule has 0 saturated heterocycles. The summed E-state index contributed by atoms with van der Waals surface area (Å²) in [7, 11) is 0. The number of rotatable bonds is 10. The van der Waals surface area contributed by atoms with Crippen LogP contribution in [0.2, 0.25) is 0 Å². The maximum atomic E-state index is 14.0. The first kappa shape index (κ1) is 25.7. The molecule has 2 heterocycles. The van der Waals surface area contributed by atoms with Gasteiger partial charge in [0.2, 0.25) is 5.95 Å². The highest BCUT2D eigenvalue weighted by Gasteiger charge is 2.27. The molecule has 0 spiro atoms. The molecule has 2 aromatic heterocycles. The predicted molar refractivity (Wildman–Crippen MR) is 125 cm³/mol. The first-order valence-electron chi connectivity index (χ1n) is 10.6. The molecule has 0 saturated carbocycles. The van der Waals surface area contributed by atoms with E-state index in [1.807, 2.05) is 33.8 Å². The molecule has 11 heteroatoms. The molecule has 2 aromatic rings. The summed E-state index contributed by atoms with van der Waals surface area (Å²) in [6.45, 7) is 10.0. The smallest absolute Gasteiger partial charge is 0.255 e. The number of carbonyl (C=O) groups excluding carboxylic acids is 1. The van der Waals surface area contributed by atoms with Gasteiger partial charge in [-0.2, -0.15) is 10.2 Å². The van der Waals surface area contributed by atoms with Crippen LogP contribution in [0.5, 0.6) is 0 Å². The van der Waals surface area contributed by atoms with Crippen molar-refractivity contribution in [2.75, 3.05) is 22.5 Å². The lowest BCUT2D eigenvalue weighted by Crippen LogP contribution is -2.42. The summed E-state index contributed by atoms with van der Waals surface area (Å²) in [6.07, 6.45) is 1.14. The Kier molecular flexibility index (Phi) is 8.48. The highest BCUT2D eigenvalue weighted by molar-refractivity contribution is 5.99. The first-order chi connectivity index (χ1) is 15.4. The second-order valence-electron chi connectivity index (χ2n) is 8.74. The third-order valence-electron chi connectivity index (χ3n) is 4.38. The van der Waals surface area contributed by atoms with Crippen LogP contribution in [0.4, 0.5) is 27.7 Å². The van der Waals surface area contributed by atoms with Crippen molar-refractivity contribution >= 4 is 29.2 Å². The lowest BCUT2D eigenvalue weighted by molar-refractivity contribution is -0.00177. The van der Waals surface area contributed by atoms with Crippen molar-refractivity contribution in [1.29, 1.82) is 5.26 Å². The standard InChI is InChI=1S/C22H31FN8O2/c1-12(2)28-16-7-18(25-10-15(16)20(32)26-11-17(23)22(5,6)33)30-21-27-9-14(8-24)19(31-21)29-13(3)4/h7,9-10,12-13,17,33H,11H2,1-6H3,(H,26,32)(H3,25,27,28,29,30,31). The molecule has 33 heavy (non-hydrogen) atoms. The Bertz CT molecular complexity index is 1010. The van der Waals surface area contributed by atoms with E-state index in [0.717, 1.165) is 0 Å². The second-order valence-corrected chi connectivity index (χ2v) is 8.74. The number of nitriles is 1. The molecule has 0 aliphatic rings. The van der Waals surface area contributed by atoms with E-state index in [2.05, 4.69) is 36.2 Å². The summed E-state index contributed by atoms with van der Waals surface area (Å²) in [5, 5.41) is 30.7. The van der Waals surface area contributed by atoms with Gasteiger partial charge in [-0.15, -0.1) is 0 Å². The van der Waals surface area contributed by atoms with Crippen molar-refractivity contribution in [1.82, 2.24) is 20.3 Å². The fraction of sp³-hybridized carbons (Fsp3) is 0.500. The molecule has 0 radical (unpaired) electrons. The van der Waals surface area contributed by atoms with E-state index in [1.54, 1.807) is 6.07 Å². The Morgan fingerprint density at radius 3 is 2.42 bits per heavy atom. The molecule has 10 nitrogen and oxygen atoms in total. The molecule has 0 aliphatic heterocycles. The largest absolute Gasteiger partial charge is 0.387 e. The van der Waals surface area contributed by atoms with Crippen molar-refractivity contribution < 1.29 is 14.3 Å². The maximum absolute atomic E-state index is 14.0. The van der Waals surface area contributed by atoms with E-state index < -0.39 is 17.7 Å². The van der Waals surface area contributed by atoms with E-state index in [9.17, 15) is 19.6 Å². The first-order valence-corrected chi connectivity index (χ1v) is 10.6. The van der Waals surface area contributed by atoms with Crippen molar-refractivity contribution in [3.8, 4) is 6.07 Å². The third-order valence-corrected chi connectivity index (χ3v) is 4.38. The molecule has 1 atom stereocenters. The fourth-order valence-electron chi connectivity index (χ4n) is 2.68. The number of nitrogens with one attached hydrogen (secondary N) is 4. The van der Waals surface area contributed by atoms with Gasteiger partial charge in [-0.05, 0) is 41.5 Å². The molecule has 5 N–H and O–H groups in total. The molecular weight excluding hydrogens is 427 g/mol. The Labute approximate surface area is 193 Å². The van der Waals surface area contributed by atoms with Crippen LogP contribution in [0.15, 0.2) is 18.5 Å². The normalized spacial score (nSPS) is 12.3. The molecule has 178 valence electrons. The Hall–Kier alpha value is -3.52. The van der Waals surface area contributed by atoms with Gasteiger partial charge >= 0.3 is 0 Å². The summed E-state index contributed by atoms with van der Waals surface area (Å²) >= 11 is 0. The number of aliphatic hydroxyl groups is 1. The fourth-order valence-corrected chi connectivity index (χ4v) is 2.68. The maximum Gasteiger partial charge on any atom is 0.255 e. The lowest BCUT2D eigenvalue weighted by atomic mass is 10.0. The van der Waals surface area contributed by atoms with Gasteiger partial charge in [-0.25, -0.2) is 14.4 Å². The van der Waals surface area contributed by atoms with Gasteiger partial charge in [0.1, 0.15) is 29.4 Å². The van der Waals surface area contributed by atoms with E-state index in [4.69, 9.17) is 0 Å². The minimum Gasteiger partial charge on any atom is -0.387 e. The van der Waals surface area contributed by atoms with Crippen molar-refractivity contribution in [2.24, 2.45) is 0 Å². The number of pyridine rings is 1. The van der Waals surface area contributed by atoms with Crippen LogP contribution in [0.3, 0.4) is 0 Å². The number of amides is 1. The predicted octanol–water partition coefficient (Wildman–Crippen LogP) is 2.97. The van der Waals surface area contributed by atoms with E-state index >= 15 is 0 Å². The summed E-state index contributed by atoms with van der Waals surface area (Å²) in [5.74, 6) is 0.466. The molecule has 1 unspecified atom stereocenters. The zero-order valence-electron chi connectivity index (χ0n) is 19.7. The van der Waals surface area contributed by atoms with Crippen LogP contribution < -0.4 is 21.3 Å². The Morgan fingerprint density at radius 1 is 1.18 bits per heavy atom. The summed E-state index contributed by atoms with van der Waals surface area (Å²) in [4.78, 5) is 25.4. The van der Waals surface area contributed by atoms with Crippen LogP contribution in [0, 0.1) is 11.3 Å². The SMILES string of the molecule is CC(C)Nc1cc(Nc2ncc(C#N)c(NC(C)C)n2)ncc1C(=O)NCC(F)C(C)(C)O. The highest BCUT2D eigenvalue weighted by atomic mass is 19.1. The minimum absolute atomic E-state index is 0.00473. The van der Waals surface area contributed by atoms with E-state index in [1.165, 1.54) is 26.2 Å². The van der Waals surface area contributed by atoms with Gasteiger partial charge in [0.25, 0.3) is 5.91 Å². The zero-order chi connectivity index (χ0) is 24.8. The van der Waals surface area contributed by atoms with Crippen molar-refractivity contribution in [3.05, 3.63) is 29.6 Å². The number of hydrogen-bond acceptors (Lipinski definition) is 9. The summed E-state index contributed by atoms with van der Waals surface area (Å²) in [6, 6.07) is 3.74. The minimum atomic E-state index is -1.63. The monoisotopic (exact) mass is 458 g/mol. The van der Waals surface area contributed by atoms with Gasteiger partial charge in [0, 0.05) is 24.3 Å². The summed E-state index contributed by atoms with van der Waals surface area (Å²) < 4.78 is 14.0. The van der Waals surface area contributed by atoms with Gasteiger partial charge in [-0.1, -0.05) is 0 Å². The van der Waals surface area contributed by atoms with Crippen LogP contribution in [0.25, 0.3) is 0 Å². The summed E-state index contributed by atoms with van der Waals surface area (Å²) in [5.41, 5.74) is -0.551. The molecular formula is C22H31FN8O2. The average Bonchev–Trinajstić information content (AvgIpc) is 2.70. The molecule has 1 amide bonds. The highest BCUT2D eigenvalue weighted by Crippen LogP contribution is 2.23. The number of halogens is 1. The zero-order valence-corrected chi connectivity index (χ0v) is 19.7. The van der Waals surface area contributed by atoms with E-state index in [-0.39, 0.29) is 30.1 Å². The number of alkyl halides is 1. The Balaban J connectivity index is 2.27. The number of nitrogens with zero attached hydrogens (tertiary/aromatic N) is 4. The van der Waals surface area contributed by atoms with Gasteiger partial charge < -0.3 is 26.4 Å². The quantitative estimate of drug-likeness (QED) is 0.362. The molecule has 0 fully saturated rings. The van der Waals surface area contributed by atoms with Crippen LogP contribution in [-0.4, -0.2) is 56.4 Å². The number of anilines is 4. The molecule has 0 aromatic carbocycles. The van der Waals surface area contributed by atoms with E-state index in [0.29, 0.717) is 22.9 Å². The molecule has 0 aliphatic carbocycles. The number of hydrogen-bond donors (Lipinski definition) is 5.